The fraction of sp³-hybridized carbons (Fsp3) is 0.600. The zero-order chi connectivity index (χ0) is 15.9. The summed E-state index contributed by atoms with van der Waals surface area (Å²) in [4.78, 5) is 0.0789. The van der Waals surface area contributed by atoms with E-state index in [1.165, 1.54) is 12.1 Å². The number of hydrogen-bond donors (Lipinski definition) is 2. The largest absolute Gasteiger partial charge is 0.325 e. The van der Waals surface area contributed by atoms with Crippen molar-refractivity contribution in [3.63, 3.8) is 0 Å². The van der Waals surface area contributed by atoms with E-state index in [0.29, 0.717) is 6.54 Å². The summed E-state index contributed by atoms with van der Waals surface area (Å²) in [5, 5.41) is 0. The van der Waals surface area contributed by atoms with Crippen molar-refractivity contribution >= 4 is 22.4 Å². The van der Waals surface area contributed by atoms with Crippen LogP contribution in [0.4, 0.5) is 4.39 Å². The molecule has 2 atom stereocenters. The van der Waals surface area contributed by atoms with Gasteiger partial charge in [-0.15, -0.1) is 12.4 Å². The number of sulfonamides is 1. The molecule has 0 aliphatic heterocycles. The maximum absolute atomic E-state index is 12.9. The number of rotatable bonds is 4. The van der Waals surface area contributed by atoms with Gasteiger partial charge in [-0.2, -0.15) is 0 Å². The first-order chi connectivity index (χ1) is 9.56. The zero-order valence-corrected chi connectivity index (χ0v) is 14.7. The summed E-state index contributed by atoms with van der Waals surface area (Å²) in [7, 11) is -3.61. The molecule has 2 rings (SSSR count). The van der Waals surface area contributed by atoms with Crippen LogP contribution < -0.4 is 10.5 Å². The predicted octanol–water partition coefficient (Wildman–Crippen LogP) is 2.68. The molecule has 22 heavy (non-hydrogen) atoms. The van der Waals surface area contributed by atoms with Gasteiger partial charge in [0.1, 0.15) is 5.82 Å². The van der Waals surface area contributed by atoms with Gasteiger partial charge in [-0.25, -0.2) is 17.5 Å². The lowest BCUT2D eigenvalue weighted by molar-refractivity contribution is 0.166. The van der Waals surface area contributed by atoms with E-state index in [2.05, 4.69) is 18.6 Å². The van der Waals surface area contributed by atoms with E-state index >= 15 is 0 Å². The molecule has 126 valence electrons. The molecule has 0 bridgehead atoms. The number of hydrogen-bond acceptors (Lipinski definition) is 3. The van der Waals surface area contributed by atoms with E-state index in [4.69, 9.17) is 5.73 Å². The molecule has 1 saturated carbocycles. The maximum atomic E-state index is 12.9. The van der Waals surface area contributed by atoms with Crippen molar-refractivity contribution in [2.75, 3.05) is 6.54 Å². The van der Waals surface area contributed by atoms with Crippen molar-refractivity contribution in [2.45, 2.75) is 44.0 Å². The summed E-state index contributed by atoms with van der Waals surface area (Å²) in [6.07, 6.45) is 1.77. The summed E-state index contributed by atoms with van der Waals surface area (Å²) >= 11 is 0. The number of nitrogens with one attached hydrogen (secondary N) is 1. The fourth-order valence-electron chi connectivity index (χ4n) is 2.89. The highest BCUT2D eigenvalue weighted by atomic mass is 35.5. The van der Waals surface area contributed by atoms with Crippen LogP contribution in [0.2, 0.25) is 0 Å². The Hall–Kier alpha value is -0.690. The summed E-state index contributed by atoms with van der Waals surface area (Å²) < 4.78 is 39.9. The Balaban J connectivity index is 0.00000242. The molecule has 0 amide bonds. The topological polar surface area (TPSA) is 72.2 Å². The molecule has 1 aliphatic rings. The van der Waals surface area contributed by atoms with Crippen molar-refractivity contribution in [2.24, 2.45) is 17.1 Å². The van der Waals surface area contributed by atoms with Crippen LogP contribution in [0.1, 0.15) is 33.6 Å². The average Bonchev–Trinajstić information content (AvgIpc) is 2.58. The second kappa shape index (κ2) is 6.43. The summed E-state index contributed by atoms with van der Waals surface area (Å²) in [5.74, 6) is -0.271. The third-order valence-corrected chi connectivity index (χ3v) is 6.59. The average molecular weight is 351 g/mol. The van der Waals surface area contributed by atoms with Crippen LogP contribution in [0.25, 0.3) is 0 Å². The van der Waals surface area contributed by atoms with Crippen LogP contribution in [-0.2, 0) is 10.0 Å². The monoisotopic (exact) mass is 350 g/mol. The van der Waals surface area contributed by atoms with Gasteiger partial charge in [0.05, 0.1) is 4.90 Å². The molecule has 7 heteroatoms. The van der Waals surface area contributed by atoms with E-state index in [9.17, 15) is 12.8 Å². The van der Waals surface area contributed by atoms with Crippen molar-refractivity contribution < 1.29 is 12.8 Å². The third-order valence-electron chi connectivity index (χ3n) is 5.15. The van der Waals surface area contributed by atoms with Gasteiger partial charge in [-0.05, 0) is 55.4 Å². The molecule has 0 saturated heterocycles. The van der Waals surface area contributed by atoms with Crippen molar-refractivity contribution in [3.05, 3.63) is 30.1 Å². The number of nitrogens with two attached hydrogens (primary N) is 1. The van der Waals surface area contributed by atoms with Gasteiger partial charge in [0.25, 0.3) is 0 Å². The van der Waals surface area contributed by atoms with Crippen LogP contribution in [0.5, 0.6) is 0 Å². The minimum atomic E-state index is -3.61. The van der Waals surface area contributed by atoms with Gasteiger partial charge >= 0.3 is 0 Å². The van der Waals surface area contributed by atoms with Gasteiger partial charge in [0, 0.05) is 12.1 Å². The van der Waals surface area contributed by atoms with Gasteiger partial charge < -0.3 is 5.73 Å². The minimum Gasteiger partial charge on any atom is -0.325 e. The fourth-order valence-corrected chi connectivity index (χ4v) is 3.97. The molecular formula is C15H24ClFN2O2S. The zero-order valence-electron chi connectivity index (χ0n) is 13.1. The van der Waals surface area contributed by atoms with Crippen molar-refractivity contribution in [3.8, 4) is 0 Å². The quantitative estimate of drug-likeness (QED) is 0.876. The van der Waals surface area contributed by atoms with E-state index in [1.54, 1.807) is 0 Å². The highest BCUT2D eigenvalue weighted by Gasteiger charge is 2.49. The van der Waals surface area contributed by atoms with E-state index < -0.39 is 15.8 Å². The first-order valence-corrected chi connectivity index (χ1v) is 8.59. The molecule has 1 fully saturated rings. The van der Waals surface area contributed by atoms with Gasteiger partial charge in [0.2, 0.25) is 10.0 Å². The van der Waals surface area contributed by atoms with Crippen LogP contribution in [0.15, 0.2) is 29.2 Å². The molecule has 0 radical (unpaired) electrons. The lowest BCUT2D eigenvalue weighted by Crippen LogP contribution is -2.49. The van der Waals surface area contributed by atoms with Crippen molar-refractivity contribution in [1.82, 2.24) is 4.72 Å². The molecular weight excluding hydrogens is 327 g/mol. The molecule has 1 aromatic rings. The standard InChI is InChI=1S/C15H23FN2O2S.ClH/c1-14(2)11(8-9-15(14,3)17)10-18-21(19,20)13-6-4-12(16)5-7-13;/h4-7,11,18H,8-10,17H2,1-3H3;1H/t11-,15-;/m1./s1. The Morgan fingerprint density at radius 1 is 1.27 bits per heavy atom. The molecule has 0 aromatic heterocycles. The molecule has 1 aliphatic carbocycles. The molecule has 1 aromatic carbocycles. The predicted molar refractivity (Wildman–Crippen MR) is 87.9 cm³/mol. The van der Waals surface area contributed by atoms with Gasteiger partial charge in [-0.3, -0.25) is 0 Å². The smallest absolute Gasteiger partial charge is 0.240 e. The SMILES string of the molecule is CC1(C)[C@@H](CNS(=O)(=O)c2ccc(F)cc2)CC[C@@]1(C)N.Cl. The lowest BCUT2D eigenvalue weighted by atomic mass is 9.72. The Labute approximate surface area is 138 Å². The van der Waals surface area contributed by atoms with E-state index in [1.807, 2.05) is 6.92 Å². The maximum Gasteiger partial charge on any atom is 0.240 e. The second-order valence-corrected chi connectivity index (χ2v) is 8.45. The number of benzene rings is 1. The summed E-state index contributed by atoms with van der Waals surface area (Å²) in [6, 6.07) is 4.82. The Morgan fingerprint density at radius 2 is 1.82 bits per heavy atom. The van der Waals surface area contributed by atoms with Crippen LogP contribution in [0.3, 0.4) is 0 Å². The summed E-state index contributed by atoms with van der Waals surface area (Å²) in [6.45, 7) is 6.52. The summed E-state index contributed by atoms with van der Waals surface area (Å²) in [5.41, 5.74) is 5.86. The molecule has 4 nitrogen and oxygen atoms in total. The van der Waals surface area contributed by atoms with Crippen LogP contribution in [0, 0.1) is 17.2 Å². The lowest BCUT2D eigenvalue weighted by Gasteiger charge is -2.39. The normalized spacial score (nSPS) is 27.4. The Morgan fingerprint density at radius 3 is 2.27 bits per heavy atom. The number of halogens is 2. The van der Waals surface area contributed by atoms with Gasteiger partial charge in [-0.1, -0.05) is 13.8 Å². The van der Waals surface area contributed by atoms with E-state index in [0.717, 1.165) is 25.0 Å². The first-order valence-electron chi connectivity index (χ1n) is 7.10. The second-order valence-electron chi connectivity index (χ2n) is 6.68. The molecule has 3 N–H and O–H groups in total. The highest BCUT2D eigenvalue weighted by Crippen LogP contribution is 2.48. The molecule has 0 spiro atoms. The molecule has 0 heterocycles. The van der Waals surface area contributed by atoms with Gasteiger partial charge in [0.15, 0.2) is 0 Å². The van der Waals surface area contributed by atoms with E-state index in [-0.39, 0.29) is 34.2 Å². The van der Waals surface area contributed by atoms with Crippen LogP contribution in [-0.4, -0.2) is 20.5 Å². The van der Waals surface area contributed by atoms with Crippen molar-refractivity contribution in [1.29, 1.82) is 0 Å². The van der Waals surface area contributed by atoms with Crippen LogP contribution >= 0.6 is 12.4 Å². The Kier molecular flexibility index (Phi) is 5.66. The Bertz CT molecular complexity index is 615. The first kappa shape index (κ1) is 19.4. The highest BCUT2D eigenvalue weighted by molar-refractivity contribution is 7.89. The third kappa shape index (κ3) is 3.62. The minimum absolute atomic E-state index is 0. The molecule has 0 unspecified atom stereocenters.